The molecule has 76 heavy (non-hydrogen) atoms. The maximum Gasteiger partial charge on any atom is 0.306 e. The molecule has 0 aliphatic carbocycles. The van der Waals surface area contributed by atoms with Gasteiger partial charge in [0.2, 0.25) is 0 Å². The zero-order valence-electron chi connectivity index (χ0n) is 49.5. The molecule has 1 atom stereocenters. The third-order valence-corrected chi connectivity index (χ3v) is 13.2. The van der Waals surface area contributed by atoms with Crippen molar-refractivity contribution in [2.45, 2.75) is 290 Å². The quantitative estimate of drug-likeness (QED) is 0.0261. The Labute approximate surface area is 469 Å². The molecule has 6 nitrogen and oxygen atoms in total. The number of allylic oxidation sites excluding steroid dienone is 20. The van der Waals surface area contributed by atoms with Crippen molar-refractivity contribution in [3.63, 3.8) is 0 Å². The van der Waals surface area contributed by atoms with E-state index in [1.54, 1.807) is 0 Å². The van der Waals surface area contributed by atoms with E-state index in [1.165, 1.54) is 103 Å². The summed E-state index contributed by atoms with van der Waals surface area (Å²) < 4.78 is 16.8. The molecule has 0 heterocycles. The number of unbranched alkanes of at least 4 members (excludes halogenated alkanes) is 25. The third kappa shape index (κ3) is 60.7. The van der Waals surface area contributed by atoms with Crippen LogP contribution in [0.4, 0.5) is 0 Å². The van der Waals surface area contributed by atoms with Gasteiger partial charge in [-0.2, -0.15) is 0 Å². The molecule has 0 amide bonds. The fourth-order valence-electron chi connectivity index (χ4n) is 8.56. The van der Waals surface area contributed by atoms with Gasteiger partial charge >= 0.3 is 17.9 Å². The van der Waals surface area contributed by atoms with Crippen molar-refractivity contribution in [1.82, 2.24) is 0 Å². The summed E-state index contributed by atoms with van der Waals surface area (Å²) in [7, 11) is 0. The minimum absolute atomic E-state index is 0.0862. The highest BCUT2D eigenvalue weighted by Crippen LogP contribution is 2.16. The number of carbonyl (C=O) groups excluding carboxylic acids is 3. The van der Waals surface area contributed by atoms with Crippen LogP contribution in [0, 0.1) is 0 Å². The average molecular weight is 1050 g/mol. The Bertz CT molecular complexity index is 1590. The maximum absolute atomic E-state index is 12.8. The van der Waals surface area contributed by atoms with Crippen LogP contribution in [0.5, 0.6) is 0 Å². The second-order valence-electron chi connectivity index (χ2n) is 20.6. The Morgan fingerprint density at radius 3 is 0.803 bits per heavy atom. The lowest BCUT2D eigenvalue weighted by Gasteiger charge is -2.18. The Kier molecular flexibility index (Phi) is 59.9. The van der Waals surface area contributed by atoms with E-state index in [1.807, 2.05) is 0 Å². The molecule has 0 rings (SSSR count). The van der Waals surface area contributed by atoms with Crippen molar-refractivity contribution >= 4 is 17.9 Å². The van der Waals surface area contributed by atoms with Gasteiger partial charge in [-0.15, -0.1) is 0 Å². The van der Waals surface area contributed by atoms with Gasteiger partial charge in [-0.1, -0.05) is 277 Å². The number of ether oxygens (including phenoxy) is 3. The van der Waals surface area contributed by atoms with Gasteiger partial charge in [-0.05, 0) is 109 Å². The predicted octanol–water partition coefficient (Wildman–Crippen LogP) is 21.6. The van der Waals surface area contributed by atoms with Gasteiger partial charge in [0, 0.05) is 19.3 Å². The van der Waals surface area contributed by atoms with Gasteiger partial charge in [-0.25, -0.2) is 0 Å². The summed E-state index contributed by atoms with van der Waals surface area (Å²) in [5.41, 5.74) is 0. The van der Waals surface area contributed by atoms with Crippen molar-refractivity contribution in [3.8, 4) is 0 Å². The SMILES string of the molecule is CC/C=C\C/C=C\C/C=C\C/C=C\C/C=C\CCCCCCCCCCCCCCCCCC(=O)OCC(COC(=O)CCCCCCCC)OC(=O)CCCCCCC/C=C\C/C=C\C/C=C\C/C=C\C/C=C\CC. The molecule has 0 radical (unpaired) electrons. The molecule has 0 N–H and O–H groups in total. The smallest absolute Gasteiger partial charge is 0.306 e. The normalized spacial score (nSPS) is 12.9. The second-order valence-corrected chi connectivity index (χ2v) is 20.6. The molecule has 0 fully saturated rings. The number of hydrogen-bond donors (Lipinski definition) is 0. The third-order valence-electron chi connectivity index (χ3n) is 13.2. The van der Waals surface area contributed by atoms with E-state index in [-0.39, 0.29) is 31.1 Å². The van der Waals surface area contributed by atoms with Crippen molar-refractivity contribution in [2.24, 2.45) is 0 Å². The standard InChI is InChI=1S/C70H116O6/c1-4-7-10-13-16-18-20-22-24-26-28-30-31-32-33-34-35-36-37-38-39-41-42-44-46-48-50-52-54-57-60-63-69(72)75-66-67(65-74-68(71)62-59-56-15-12-9-6-3)76-70(73)64-61-58-55-53-51-49-47-45-43-40-29-27-25-23-21-19-17-14-11-8-5-2/h7-8,10-11,16-19,22-25,28-30,32-33,40,45,47,67H,4-6,9,12-15,20-21,26-27,31,34-39,41-44,46,48-66H2,1-3H3/b10-7-,11-8-,18-16-,19-17-,24-22-,25-23-,30-28-,33-32-,40-29-,47-45-. The molecule has 0 aliphatic rings. The van der Waals surface area contributed by atoms with Gasteiger partial charge in [0.05, 0.1) is 0 Å². The molecular formula is C70H116O6. The first-order valence-corrected chi connectivity index (χ1v) is 31.5. The lowest BCUT2D eigenvalue weighted by atomic mass is 10.0. The minimum atomic E-state index is -0.787. The summed E-state index contributed by atoms with van der Waals surface area (Å²) in [5, 5.41) is 0. The molecule has 0 spiro atoms. The number of hydrogen-bond acceptors (Lipinski definition) is 6. The van der Waals surface area contributed by atoms with Gasteiger partial charge in [0.15, 0.2) is 6.10 Å². The second kappa shape index (κ2) is 63.3. The van der Waals surface area contributed by atoms with Crippen LogP contribution >= 0.6 is 0 Å². The van der Waals surface area contributed by atoms with E-state index in [2.05, 4.69) is 142 Å². The lowest BCUT2D eigenvalue weighted by molar-refractivity contribution is -0.167. The van der Waals surface area contributed by atoms with Crippen LogP contribution in [0.25, 0.3) is 0 Å². The van der Waals surface area contributed by atoms with Gasteiger partial charge < -0.3 is 14.2 Å². The molecule has 0 aromatic rings. The fraction of sp³-hybridized carbons (Fsp3) is 0.671. The largest absolute Gasteiger partial charge is 0.462 e. The van der Waals surface area contributed by atoms with Crippen LogP contribution in [0.3, 0.4) is 0 Å². The first kappa shape index (κ1) is 71.8. The number of esters is 3. The van der Waals surface area contributed by atoms with E-state index >= 15 is 0 Å². The van der Waals surface area contributed by atoms with Crippen molar-refractivity contribution < 1.29 is 28.6 Å². The van der Waals surface area contributed by atoms with Crippen LogP contribution < -0.4 is 0 Å². The van der Waals surface area contributed by atoms with Gasteiger partial charge in [0.1, 0.15) is 13.2 Å². The highest BCUT2D eigenvalue weighted by Gasteiger charge is 2.19. The molecule has 1 unspecified atom stereocenters. The van der Waals surface area contributed by atoms with Crippen LogP contribution in [-0.4, -0.2) is 37.2 Å². The summed E-state index contributed by atoms with van der Waals surface area (Å²) in [4.78, 5) is 38.0. The van der Waals surface area contributed by atoms with Crippen LogP contribution in [0.1, 0.15) is 284 Å². The van der Waals surface area contributed by atoms with Crippen LogP contribution in [-0.2, 0) is 28.6 Å². The minimum Gasteiger partial charge on any atom is -0.462 e. The van der Waals surface area contributed by atoms with E-state index in [0.29, 0.717) is 19.3 Å². The van der Waals surface area contributed by atoms with Crippen molar-refractivity contribution in [2.75, 3.05) is 13.2 Å². The Balaban J connectivity index is 4.09. The fourth-order valence-corrected chi connectivity index (χ4v) is 8.56. The zero-order chi connectivity index (χ0) is 55.0. The molecule has 0 aromatic carbocycles. The Morgan fingerprint density at radius 1 is 0.276 bits per heavy atom. The number of carbonyl (C=O) groups is 3. The molecule has 0 saturated heterocycles. The van der Waals surface area contributed by atoms with Crippen LogP contribution in [0.2, 0.25) is 0 Å². The maximum atomic E-state index is 12.8. The first-order valence-electron chi connectivity index (χ1n) is 31.5. The van der Waals surface area contributed by atoms with E-state index < -0.39 is 6.10 Å². The zero-order valence-corrected chi connectivity index (χ0v) is 49.5. The van der Waals surface area contributed by atoms with Gasteiger partial charge in [0.25, 0.3) is 0 Å². The van der Waals surface area contributed by atoms with E-state index in [9.17, 15) is 14.4 Å². The molecular weight excluding hydrogens is 937 g/mol. The Morgan fingerprint density at radius 2 is 0.513 bits per heavy atom. The summed E-state index contributed by atoms with van der Waals surface area (Å²) in [5.74, 6) is -0.912. The molecule has 0 bridgehead atoms. The highest BCUT2D eigenvalue weighted by atomic mass is 16.6. The lowest BCUT2D eigenvalue weighted by Crippen LogP contribution is -2.30. The summed E-state index contributed by atoms with van der Waals surface area (Å²) in [6, 6.07) is 0. The molecule has 0 aliphatic heterocycles. The Hall–Kier alpha value is -4.19. The summed E-state index contributed by atoms with van der Waals surface area (Å²) in [6.07, 6.45) is 88.1. The van der Waals surface area contributed by atoms with E-state index in [4.69, 9.17) is 14.2 Å². The van der Waals surface area contributed by atoms with E-state index in [0.717, 1.165) is 141 Å². The average Bonchev–Trinajstić information content (AvgIpc) is 3.42. The molecule has 0 aromatic heterocycles. The van der Waals surface area contributed by atoms with Gasteiger partial charge in [-0.3, -0.25) is 14.4 Å². The predicted molar refractivity (Wildman–Crippen MR) is 330 cm³/mol. The van der Waals surface area contributed by atoms with Crippen molar-refractivity contribution in [3.05, 3.63) is 122 Å². The molecule has 0 saturated carbocycles. The topological polar surface area (TPSA) is 78.9 Å². The summed E-state index contributed by atoms with van der Waals surface area (Å²) in [6.45, 7) is 6.34. The monoisotopic (exact) mass is 1050 g/mol. The first-order chi connectivity index (χ1) is 37.5. The number of rotatable bonds is 56. The summed E-state index contributed by atoms with van der Waals surface area (Å²) >= 11 is 0. The van der Waals surface area contributed by atoms with Crippen molar-refractivity contribution in [1.29, 1.82) is 0 Å². The molecule has 6 heteroatoms. The van der Waals surface area contributed by atoms with Crippen LogP contribution in [0.15, 0.2) is 122 Å². The molecule has 432 valence electrons. The highest BCUT2D eigenvalue weighted by molar-refractivity contribution is 5.71.